The lowest BCUT2D eigenvalue weighted by Crippen LogP contribution is -2.03. The van der Waals surface area contributed by atoms with Gasteiger partial charge in [0.05, 0.1) is 18.1 Å². The molecule has 0 unspecified atom stereocenters. The number of hydrogen-bond acceptors (Lipinski definition) is 6. The number of thiophene rings is 1. The summed E-state index contributed by atoms with van der Waals surface area (Å²) in [5, 5.41) is 4.34. The molecule has 0 atom stereocenters. The third kappa shape index (κ3) is 3.59. The Kier molecular flexibility index (Phi) is 5.04. The van der Waals surface area contributed by atoms with E-state index in [1.54, 1.807) is 23.5 Å². The van der Waals surface area contributed by atoms with Gasteiger partial charge in [-0.25, -0.2) is 14.8 Å². The minimum atomic E-state index is -0.370. The highest BCUT2D eigenvalue weighted by Gasteiger charge is 2.14. The second kappa shape index (κ2) is 7.78. The van der Waals surface area contributed by atoms with E-state index in [0.29, 0.717) is 11.4 Å². The summed E-state index contributed by atoms with van der Waals surface area (Å²) in [6.45, 7) is 2.13. The Morgan fingerprint density at radius 1 is 1.07 bits per heavy atom. The van der Waals surface area contributed by atoms with E-state index in [4.69, 9.17) is 14.7 Å². The maximum absolute atomic E-state index is 11.8. The van der Waals surface area contributed by atoms with Gasteiger partial charge in [0, 0.05) is 16.1 Å². The topological polar surface area (TPSA) is 64.1 Å². The zero-order valence-corrected chi connectivity index (χ0v) is 16.4. The van der Waals surface area contributed by atoms with Crippen molar-refractivity contribution in [2.75, 3.05) is 12.4 Å². The molecule has 1 N–H and O–H groups in total. The van der Waals surface area contributed by atoms with E-state index in [-0.39, 0.29) is 5.97 Å². The quantitative estimate of drug-likeness (QED) is 0.460. The van der Waals surface area contributed by atoms with Crippen molar-refractivity contribution in [2.45, 2.75) is 13.3 Å². The molecule has 0 amide bonds. The van der Waals surface area contributed by atoms with Crippen molar-refractivity contribution in [3.63, 3.8) is 0 Å². The lowest BCUT2D eigenvalue weighted by Gasteiger charge is -2.10. The molecule has 0 radical (unpaired) electrons. The zero-order valence-electron chi connectivity index (χ0n) is 15.6. The van der Waals surface area contributed by atoms with Gasteiger partial charge in [-0.2, -0.15) is 0 Å². The van der Waals surface area contributed by atoms with Gasteiger partial charge >= 0.3 is 5.97 Å². The summed E-state index contributed by atoms with van der Waals surface area (Å²) < 4.78 is 4.82. The summed E-state index contributed by atoms with van der Waals surface area (Å²) in [7, 11) is 1.38. The molecule has 5 nitrogen and oxygen atoms in total. The molecule has 4 aromatic rings. The van der Waals surface area contributed by atoms with Crippen LogP contribution in [0.15, 0.2) is 60.7 Å². The van der Waals surface area contributed by atoms with Gasteiger partial charge in [0.25, 0.3) is 0 Å². The fourth-order valence-electron chi connectivity index (χ4n) is 2.94. The largest absolute Gasteiger partial charge is 0.465 e. The minimum Gasteiger partial charge on any atom is -0.465 e. The van der Waals surface area contributed by atoms with Crippen LogP contribution in [0.2, 0.25) is 0 Å². The van der Waals surface area contributed by atoms with E-state index in [1.165, 1.54) is 12.0 Å². The minimum absolute atomic E-state index is 0.370. The molecule has 0 fully saturated rings. The molecule has 0 aliphatic rings. The molecule has 2 aromatic heterocycles. The molecule has 6 heteroatoms. The van der Waals surface area contributed by atoms with Crippen molar-refractivity contribution in [3.05, 3.63) is 71.1 Å². The van der Waals surface area contributed by atoms with Gasteiger partial charge in [0.15, 0.2) is 5.82 Å². The van der Waals surface area contributed by atoms with Crippen molar-refractivity contribution < 1.29 is 9.53 Å². The van der Waals surface area contributed by atoms with Gasteiger partial charge in [0.2, 0.25) is 0 Å². The summed E-state index contributed by atoms with van der Waals surface area (Å²) in [5.41, 5.74) is 2.22. The lowest BCUT2D eigenvalue weighted by molar-refractivity contribution is 0.0601. The number of hydrogen-bond donors (Lipinski definition) is 1. The van der Waals surface area contributed by atoms with Gasteiger partial charge in [-0.05, 0) is 30.7 Å². The van der Waals surface area contributed by atoms with Gasteiger partial charge < -0.3 is 10.1 Å². The predicted molar refractivity (Wildman–Crippen MR) is 113 cm³/mol. The number of anilines is 2. The van der Waals surface area contributed by atoms with Gasteiger partial charge in [0.1, 0.15) is 10.6 Å². The van der Waals surface area contributed by atoms with Crippen molar-refractivity contribution in [1.29, 1.82) is 0 Å². The first-order valence-corrected chi connectivity index (χ1v) is 9.81. The maximum atomic E-state index is 11.8. The van der Waals surface area contributed by atoms with Gasteiger partial charge in [-0.15, -0.1) is 11.3 Å². The summed E-state index contributed by atoms with van der Waals surface area (Å²) in [5.74, 6) is 1.02. The fourth-order valence-corrected chi connectivity index (χ4v) is 3.90. The molecular weight excluding hydrogens is 370 g/mol. The second-order valence-corrected chi connectivity index (χ2v) is 7.36. The number of ether oxygens (including phenoxy) is 1. The predicted octanol–water partition coefficient (Wildman–Crippen LogP) is 5.45. The number of benzene rings is 2. The summed E-state index contributed by atoms with van der Waals surface area (Å²) in [4.78, 5) is 23.6. The summed E-state index contributed by atoms with van der Waals surface area (Å²) in [6.07, 6.45) is 0.943. The molecule has 0 saturated heterocycles. The highest BCUT2D eigenvalue weighted by atomic mass is 32.1. The van der Waals surface area contributed by atoms with Crippen LogP contribution < -0.4 is 5.32 Å². The standard InChI is InChI=1S/C22H19N3O2S/c1-3-17-13-18-20(23-16-11-7-10-15(12-16)22(26)27-2)24-19(25-21(18)28-17)14-8-5-4-6-9-14/h4-13H,3H2,1-2H3,(H,23,24,25). The monoisotopic (exact) mass is 389 g/mol. The van der Waals surface area contributed by atoms with Crippen LogP contribution in [0.3, 0.4) is 0 Å². The summed E-state index contributed by atoms with van der Waals surface area (Å²) in [6, 6.07) is 19.2. The Morgan fingerprint density at radius 2 is 1.89 bits per heavy atom. The molecular formula is C22H19N3O2S. The number of fused-ring (bicyclic) bond motifs is 1. The van der Waals surface area contributed by atoms with Crippen LogP contribution >= 0.6 is 11.3 Å². The number of nitrogens with zero attached hydrogens (tertiary/aromatic N) is 2. The Morgan fingerprint density at radius 3 is 2.64 bits per heavy atom. The van der Waals surface area contributed by atoms with Crippen LogP contribution in [-0.2, 0) is 11.2 Å². The fraction of sp³-hybridized carbons (Fsp3) is 0.136. The number of aryl methyl sites for hydroxylation is 1. The number of aromatic nitrogens is 2. The number of methoxy groups -OCH3 is 1. The molecule has 2 heterocycles. The number of carbonyl (C=O) groups excluding carboxylic acids is 1. The average molecular weight is 389 g/mol. The first-order valence-electron chi connectivity index (χ1n) is 8.99. The molecule has 4 rings (SSSR count). The molecule has 0 saturated carbocycles. The zero-order chi connectivity index (χ0) is 19.5. The molecule has 0 bridgehead atoms. The Bertz CT molecular complexity index is 1140. The van der Waals surface area contributed by atoms with Gasteiger partial charge in [-0.3, -0.25) is 0 Å². The van der Waals surface area contributed by atoms with Crippen LogP contribution in [-0.4, -0.2) is 23.0 Å². The first-order chi connectivity index (χ1) is 13.7. The number of carbonyl (C=O) groups is 1. The number of nitrogens with one attached hydrogen (secondary N) is 1. The average Bonchev–Trinajstić information content (AvgIpc) is 3.17. The summed E-state index contributed by atoms with van der Waals surface area (Å²) >= 11 is 1.68. The van der Waals surface area contributed by atoms with Crippen LogP contribution in [0, 0.1) is 0 Å². The third-order valence-corrected chi connectivity index (χ3v) is 5.54. The maximum Gasteiger partial charge on any atom is 0.337 e. The molecule has 0 aliphatic heterocycles. The highest BCUT2D eigenvalue weighted by Crippen LogP contribution is 2.33. The Balaban J connectivity index is 1.81. The van der Waals surface area contributed by atoms with Crippen molar-refractivity contribution in [2.24, 2.45) is 0 Å². The number of rotatable bonds is 5. The molecule has 0 aliphatic carbocycles. The van der Waals surface area contributed by atoms with Gasteiger partial charge in [-0.1, -0.05) is 43.3 Å². The smallest absolute Gasteiger partial charge is 0.337 e. The van der Waals surface area contributed by atoms with Crippen LogP contribution in [0.1, 0.15) is 22.2 Å². The SMILES string of the molecule is CCc1cc2c(Nc3cccc(C(=O)OC)c3)nc(-c3ccccc3)nc2s1. The van der Waals surface area contributed by atoms with Crippen molar-refractivity contribution in [3.8, 4) is 11.4 Å². The van der Waals surface area contributed by atoms with Crippen LogP contribution in [0.5, 0.6) is 0 Å². The highest BCUT2D eigenvalue weighted by molar-refractivity contribution is 7.18. The molecule has 2 aromatic carbocycles. The van der Waals surface area contributed by atoms with Crippen molar-refractivity contribution >= 4 is 39.0 Å². The Hall–Kier alpha value is -3.25. The molecule has 0 spiro atoms. The number of esters is 1. The molecule has 140 valence electrons. The Labute approximate surface area is 167 Å². The molecule has 28 heavy (non-hydrogen) atoms. The lowest BCUT2D eigenvalue weighted by atomic mass is 10.2. The van der Waals surface area contributed by atoms with E-state index in [0.717, 1.165) is 33.7 Å². The van der Waals surface area contributed by atoms with E-state index >= 15 is 0 Å². The van der Waals surface area contributed by atoms with E-state index in [2.05, 4.69) is 18.3 Å². The second-order valence-electron chi connectivity index (χ2n) is 6.24. The van der Waals surface area contributed by atoms with Crippen LogP contribution in [0.4, 0.5) is 11.5 Å². The van der Waals surface area contributed by atoms with Crippen molar-refractivity contribution in [1.82, 2.24) is 9.97 Å². The van der Waals surface area contributed by atoms with E-state index in [1.807, 2.05) is 42.5 Å². The first kappa shape index (κ1) is 18.1. The van der Waals surface area contributed by atoms with E-state index in [9.17, 15) is 4.79 Å². The normalized spacial score (nSPS) is 10.8. The third-order valence-electron chi connectivity index (χ3n) is 4.37. The van der Waals surface area contributed by atoms with E-state index < -0.39 is 0 Å². The van der Waals surface area contributed by atoms with Crippen LogP contribution in [0.25, 0.3) is 21.6 Å².